The maximum Gasteiger partial charge on any atom is 0.283 e. The van der Waals surface area contributed by atoms with E-state index in [0.29, 0.717) is 16.9 Å². The Morgan fingerprint density at radius 2 is 1.75 bits per heavy atom. The SMILES string of the molecule is CCCCc1ccc(N2C(=O)C(Cl)=C(Nc3cccc(C(=O)N4CCCC4)c3)C2=O)cc1. The lowest BCUT2D eigenvalue weighted by molar-refractivity contribution is -0.120. The van der Waals surface area contributed by atoms with E-state index in [9.17, 15) is 14.4 Å². The number of aryl methyl sites for hydroxylation is 1. The summed E-state index contributed by atoms with van der Waals surface area (Å²) in [6, 6.07) is 14.3. The molecule has 0 unspecified atom stereocenters. The molecule has 2 aliphatic rings. The molecule has 4 rings (SSSR count). The lowest BCUT2D eigenvalue weighted by Crippen LogP contribution is -2.32. The van der Waals surface area contributed by atoms with Gasteiger partial charge in [-0.15, -0.1) is 0 Å². The molecule has 0 atom stereocenters. The first kappa shape index (κ1) is 22.1. The molecule has 6 nitrogen and oxygen atoms in total. The summed E-state index contributed by atoms with van der Waals surface area (Å²) in [4.78, 5) is 41.4. The van der Waals surface area contributed by atoms with Crippen molar-refractivity contribution >= 4 is 40.7 Å². The van der Waals surface area contributed by atoms with E-state index in [2.05, 4.69) is 12.2 Å². The number of halogens is 1. The number of anilines is 2. The monoisotopic (exact) mass is 451 g/mol. The minimum Gasteiger partial charge on any atom is -0.350 e. The fourth-order valence-corrected chi connectivity index (χ4v) is 4.23. The molecular formula is C25H26ClN3O3. The van der Waals surface area contributed by atoms with Crippen LogP contribution in [0.5, 0.6) is 0 Å². The molecule has 3 amide bonds. The highest BCUT2D eigenvalue weighted by molar-refractivity contribution is 6.53. The number of nitrogens with one attached hydrogen (secondary N) is 1. The molecule has 0 spiro atoms. The van der Waals surface area contributed by atoms with Gasteiger partial charge in [-0.05, 0) is 61.6 Å². The van der Waals surface area contributed by atoms with Crippen LogP contribution in [0.3, 0.4) is 0 Å². The number of hydrogen-bond donors (Lipinski definition) is 1. The minimum atomic E-state index is -0.565. The first-order valence-electron chi connectivity index (χ1n) is 11.0. The predicted octanol–water partition coefficient (Wildman–Crippen LogP) is 4.70. The maximum atomic E-state index is 13.0. The van der Waals surface area contributed by atoms with Gasteiger partial charge in [0, 0.05) is 24.3 Å². The molecule has 2 aromatic carbocycles. The van der Waals surface area contributed by atoms with Gasteiger partial charge in [0.15, 0.2) is 0 Å². The van der Waals surface area contributed by atoms with Crippen molar-refractivity contribution in [2.45, 2.75) is 39.0 Å². The first-order valence-corrected chi connectivity index (χ1v) is 11.4. The van der Waals surface area contributed by atoms with Gasteiger partial charge in [0.25, 0.3) is 17.7 Å². The summed E-state index contributed by atoms with van der Waals surface area (Å²) >= 11 is 6.25. The van der Waals surface area contributed by atoms with E-state index in [4.69, 9.17) is 11.6 Å². The van der Waals surface area contributed by atoms with E-state index in [1.54, 1.807) is 36.4 Å². The van der Waals surface area contributed by atoms with Crippen molar-refractivity contribution in [2.75, 3.05) is 23.3 Å². The van der Waals surface area contributed by atoms with Crippen molar-refractivity contribution in [3.05, 3.63) is 70.4 Å². The molecule has 0 radical (unpaired) electrons. The molecule has 1 fully saturated rings. The summed E-state index contributed by atoms with van der Waals surface area (Å²) in [5, 5.41) is 2.80. The fourth-order valence-electron chi connectivity index (χ4n) is 4.02. The number of unbranched alkanes of at least 4 members (excludes halogenated alkanes) is 1. The van der Waals surface area contributed by atoms with Crippen LogP contribution in [0.2, 0.25) is 0 Å². The van der Waals surface area contributed by atoms with Gasteiger partial charge in [-0.1, -0.05) is 43.1 Å². The largest absolute Gasteiger partial charge is 0.350 e. The van der Waals surface area contributed by atoms with Gasteiger partial charge in [-0.2, -0.15) is 0 Å². The summed E-state index contributed by atoms with van der Waals surface area (Å²) in [5.74, 6) is -1.12. The molecule has 2 aromatic rings. The Balaban J connectivity index is 1.51. The van der Waals surface area contributed by atoms with Crippen LogP contribution in [0, 0.1) is 0 Å². The molecule has 2 heterocycles. The zero-order valence-corrected chi connectivity index (χ0v) is 18.8. The van der Waals surface area contributed by atoms with Crippen molar-refractivity contribution < 1.29 is 14.4 Å². The molecule has 0 bridgehead atoms. The van der Waals surface area contributed by atoms with Crippen molar-refractivity contribution in [1.29, 1.82) is 0 Å². The van der Waals surface area contributed by atoms with E-state index in [0.717, 1.165) is 55.7 Å². The van der Waals surface area contributed by atoms with E-state index in [-0.39, 0.29) is 16.6 Å². The number of amides is 3. The van der Waals surface area contributed by atoms with E-state index in [1.165, 1.54) is 0 Å². The first-order chi connectivity index (χ1) is 15.5. The van der Waals surface area contributed by atoms with Crippen LogP contribution in [0.4, 0.5) is 11.4 Å². The van der Waals surface area contributed by atoms with Gasteiger partial charge < -0.3 is 10.2 Å². The van der Waals surface area contributed by atoms with Gasteiger partial charge in [-0.25, -0.2) is 4.90 Å². The van der Waals surface area contributed by atoms with Crippen LogP contribution in [0.1, 0.15) is 48.5 Å². The van der Waals surface area contributed by atoms with Crippen molar-refractivity contribution in [1.82, 2.24) is 4.90 Å². The Bertz CT molecular complexity index is 1070. The smallest absolute Gasteiger partial charge is 0.283 e. The van der Waals surface area contributed by atoms with E-state index < -0.39 is 11.8 Å². The van der Waals surface area contributed by atoms with Crippen LogP contribution < -0.4 is 10.2 Å². The second-order valence-corrected chi connectivity index (χ2v) is 8.49. The van der Waals surface area contributed by atoms with Crippen molar-refractivity contribution in [3.8, 4) is 0 Å². The third-order valence-corrected chi connectivity index (χ3v) is 6.16. The Hall–Kier alpha value is -3.12. The van der Waals surface area contributed by atoms with Crippen LogP contribution in [0.25, 0.3) is 0 Å². The number of carbonyl (C=O) groups is 3. The third-order valence-electron chi connectivity index (χ3n) is 5.81. The zero-order chi connectivity index (χ0) is 22.7. The minimum absolute atomic E-state index is 0.0116. The highest BCUT2D eigenvalue weighted by Gasteiger charge is 2.39. The highest BCUT2D eigenvalue weighted by atomic mass is 35.5. The quantitative estimate of drug-likeness (QED) is 0.619. The number of imide groups is 1. The van der Waals surface area contributed by atoms with Crippen LogP contribution in [0.15, 0.2) is 59.3 Å². The fraction of sp³-hybridized carbons (Fsp3) is 0.320. The molecular weight excluding hydrogens is 426 g/mol. The predicted molar refractivity (Wildman–Crippen MR) is 126 cm³/mol. The molecule has 1 N–H and O–H groups in total. The second kappa shape index (κ2) is 9.57. The lowest BCUT2D eigenvalue weighted by Gasteiger charge is -2.17. The van der Waals surface area contributed by atoms with Gasteiger partial charge >= 0.3 is 0 Å². The molecule has 166 valence electrons. The Kier molecular flexibility index (Phi) is 6.61. The van der Waals surface area contributed by atoms with Crippen molar-refractivity contribution in [2.24, 2.45) is 0 Å². The van der Waals surface area contributed by atoms with Crippen LogP contribution in [-0.2, 0) is 16.0 Å². The van der Waals surface area contributed by atoms with Crippen molar-refractivity contribution in [3.63, 3.8) is 0 Å². The molecule has 0 aliphatic carbocycles. The van der Waals surface area contributed by atoms with Gasteiger partial charge in [0.05, 0.1) is 5.69 Å². The van der Waals surface area contributed by atoms with E-state index in [1.807, 2.05) is 17.0 Å². The number of hydrogen-bond acceptors (Lipinski definition) is 4. The molecule has 2 aliphatic heterocycles. The summed E-state index contributed by atoms with van der Waals surface area (Å²) in [6.07, 6.45) is 5.17. The van der Waals surface area contributed by atoms with Gasteiger partial charge in [0.1, 0.15) is 10.7 Å². The van der Waals surface area contributed by atoms with Crippen LogP contribution in [-0.4, -0.2) is 35.7 Å². The second-order valence-electron chi connectivity index (χ2n) is 8.11. The molecule has 0 saturated carbocycles. The number of carbonyl (C=O) groups excluding carboxylic acids is 3. The van der Waals surface area contributed by atoms with Gasteiger partial charge in [0.2, 0.25) is 0 Å². The molecule has 0 aromatic heterocycles. The highest BCUT2D eigenvalue weighted by Crippen LogP contribution is 2.30. The Morgan fingerprint density at radius 1 is 1.03 bits per heavy atom. The number of nitrogens with zero attached hydrogens (tertiary/aromatic N) is 2. The Morgan fingerprint density at radius 3 is 2.44 bits per heavy atom. The topological polar surface area (TPSA) is 69.7 Å². The number of rotatable bonds is 7. The molecule has 1 saturated heterocycles. The summed E-state index contributed by atoms with van der Waals surface area (Å²) in [7, 11) is 0. The zero-order valence-electron chi connectivity index (χ0n) is 18.1. The normalized spacial score (nSPS) is 16.3. The summed E-state index contributed by atoms with van der Waals surface area (Å²) in [5.41, 5.74) is 2.71. The van der Waals surface area contributed by atoms with E-state index >= 15 is 0 Å². The third kappa shape index (κ3) is 4.41. The average molecular weight is 452 g/mol. The van der Waals surface area contributed by atoms with Gasteiger partial charge in [-0.3, -0.25) is 14.4 Å². The molecule has 7 heteroatoms. The average Bonchev–Trinajstić information content (AvgIpc) is 3.42. The maximum absolute atomic E-state index is 13.0. The van der Waals surface area contributed by atoms with Crippen LogP contribution >= 0.6 is 11.6 Å². The lowest BCUT2D eigenvalue weighted by atomic mass is 10.1. The number of benzene rings is 2. The Labute approximate surface area is 192 Å². The number of likely N-dealkylation sites (tertiary alicyclic amines) is 1. The standard InChI is InChI=1S/C25H26ClN3O3/c1-2-3-7-17-10-12-20(13-11-17)29-24(31)21(26)22(25(29)32)27-19-9-6-8-18(16-19)23(30)28-14-4-5-15-28/h6,8-13,16,27H,2-5,7,14-15H2,1H3. The summed E-state index contributed by atoms with van der Waals surface area (Å²) < 4.78 is 0. The summed E-state index contributed by atoms with van der Waals surface area (Å²) in [6.45, 7) is 3.65. The molecule has 32 heavy (non-hydrogen) atoms.